The number of benzene rings is 1. The van der Waals surface area contributed by atoms with Crippen molar-refractivity contribution in [2.24, 2.45) is 7.05 Å². The van der Waals surface area contributed by atoms with Crippen LogP contribution in [-0.2, 0) is 17.1 Å². The summed E-state index contributed by atoms with van der Waals surface area (Å²) in [7, 11) is -1.55. The summed E-state index contributed by atoms with van der Waals surface area (Å²) in [4.78, 5) is 4.27. The highest BCUT2D eigenvalue weighted by molar-refractivity contribution is 7.92. The highest BCUT2D eigenvalue weighted by Crippen LogP contribution is 2.32. The van der Waals surface area contributed by atoms with Gasteiger partial charge in [-0.2, -0.15) is 10.4 Å². The average Bonchev–Trinajstić information content (AvgIpc) is 3.21. The summed E-state index contributed by atoms with van der Waals surface area (Å²) in [6.07, 6.45) is 9.73. The number of nitrogens with zero attached hydrogens (tertiary/aromatic N) is 5. The molecule has 0 atom stereocenters. The summed E-state index contributed by atoms with van der Waals surface area (Å²) < 4.78 is 28.7. The number of rotatable bonds is 6. The minimum atomic E-state index is -3.42. The van der Waals surface area contributed by atoms with Gasteiger partial charge in [0.2, 0.25) is 10.0 Å². The second-order valence-electron chi connectivity index (χ2n) is 8.20. The lowest BCUT2D eigenvalue weighted by Gasteiger charge is -2.37. The van der Waals surface area contributed by atoms with Gasteiger partial charge in [0.25, 0.3) is 0 Å². The van der Waals surface area contributed by atoms with E-state index in [1.807, 2.05) is 37.5 Å². The number of hydrogen-bond donors (Lipinski definition) is 1. The quantitative estimate of drug-likeness (QED) is 0.616. The standard InChI is InChI=1S/C23H26N6O2S/c1-28-16-19(15-26-28)18-4-8-21(9-5-18)29(32(2,30)31)22-10-6-20(7-11-22)27-23-12-3-17(13-24)14-25-23/h3-5,8-9,12,14-16,20,22H,6-7,10-11H2,1-2H3,(H,25,27). The van der Waals surface area contributed by atoms with Crippen LogP contribution >= 0.6 is 0 Å². The molecule has 32 heavy (non-hydrogen) atoms. The Bertz CT molecular complexity index is 1200. The molecule has 8 nitrogen and oxygen atoms in total. The van der Waals surface area contributed by atoms with Crippen molar-refractivity contribution in [1.29, 1.82) is 5.26 Å². The molecule has 0 radical (unpaired) electrons. The Morgan fingerprint density at radius 2 is 1.78 bits per heavy atom. The van der Waals surface area contributed by atoms with Crippen LogP contribution in [0.3, 0.4) is 0 Å². The lowest BCUT2D eigenvalue weighted by Crippen LogP contribution is -2.43. The number of nitrogens with one attached hydrogen (secondary N) is 1. The lowest BCUT2D eigenvalue weighted by atomic mass is 9.91. The molecule has 1 N–H and O–H groups in total. The van der Waals surface area contributed by atoms with Crippen molar-refractivity contribution in [2.45, 2.75) is 37.8 Å². The molecule has 3 aromatic rings. The topological polar surface area (TPSA) is 104 Å². The zero-order valence-corrected chi connectivity index (χ0v) is 19.0. The van der Waals surface area contributed by atoms with Crippen molar-refractivity contribution in [3.63, 3.8) is 0 Å². The van der Waals surface area contributed by atoms with Crippen LogP contribution in [0.1, 0.15) is 31.2 Å². The molecule has 0 bridgehead atoms. The normalized spacial score (nSPS) is 18.7. The van der Waals surface area contributed by atoms with Gasteiger partial charge in [-0.25, -0.2) is 13.4 Å². The Hall–Kier alpha value is -3.38. The summed E-state index contributed by atoms with van der Waals surface area (Å²) in [5.74, 6) is 0.735. The van der Waals surface area contributed by atoms with Crippen molar-refractivity contribution in [1.82, 2.24) is 14.8 Å². The van der Waals surface area contributed by atoms with Crippen LogP contribution < -0.4 is 9.62 Å². The van der Waals surface area contributed by atoms with Gasteiger partial charge in [-0.15, -0.1) is 0 Å². The molecule has 2 aromatic heterocycles. The van der Waals surface area contributed by atoms with E-state index in [1.165, 1.54) is 6.26 Å². The Morgan fingerprint density at radius 1 is 1.06 bits per heavy atom. The van der Waals surface area contributed by atoms with Crippen LogP contribution in [0.2, 0.25) is 0 Å². The second-order valence-corrected chi connectivity index (χ2v) is 10.1. The summed E-state index contributed by atoms with van der Waals surface area (Å²) >= 11 is 0. The van der Waals surface area contributed by atoms with Gasteiger partial charge in [0.05, 0.1) is 23.7 Å². The Labute approximate surface area is 188 Å². The summed E-state index contributed by atoms with van der Waals surface area (Å²) in [6, 6.07) is 13.4. The molecule has 9 heteroatoms. The first-order chi connectivity index (χ1) is 15.3. The van der Waals surface area contributed by atoms with Gasteiger partial charge in [0.15, 0.2) is 0 Å². The van der Waals surface area contributed by atoms with Gasteiger partial charge >= 0.3 is 0 Å². The van der Waals surface area contributed by atoms with Crippen molar-refractivity contribution in [3.8, 4) is 17.2 Å². The number of aromatic nitrogens is 3. The van der Waals surface area contributed by atoms with Crippen LogP contribution in [0.5, 0.6) is 0 Å². The molecule has 1 aromatic carbocycles. The first kappa shape index (κ1) is 21.8. The minimum Gasteiger partial charge on any atom is -0.367 e. The van der Waals surface area contributed by atoms with E-state index >= 15 is 0 Å². The first-order valence-corrected chi connectivity index (χ1v) is 12.4. The number of pyridine rings is 1. The molecular formula is C23H26N6O2S. The molecule has 4 rings (SSSR count). The molecule has 0 spiro atoms. The SMILES string of the molecule is Cn1cc(-c2ccc(N(C3CCC(Nc4ccc(C#N)cn4)CC3)S(C)(=O)=O)cc2)cn1. The fraction of sp³-hybridized carbons (Fsp3) is 0.348. The molecule has 0 aliphatic heterocycles. The molecule has 0 amide bonds. The van der Waals surface area contributed by atoms with E-state index in [2.05, 4.69) is 21.5 Å². The van der Waals surface area contributed by atoms with Crippen molar-refractivity contribution < 1.29 is 8.42 Å². The molecule has 166 valence electrons. The number of nitriles is 1. The third kappa shape index (κ3) is 4.92. The van der Waals surface area contributed by atoms with E-state index < -0.39 is 10.0 Å². The van der Waals surface area contributed by atoms with E-state index in [-0.39, 0.29) is 12.1 Å². The minimum absolute atomic E-state index is 0.0822. The van der Waals surface area contributed by atoms with Gasteiger partial charge in [0, 0.05) is 37.1 Å². The highest BCUT2D eigenvalue weighted by atomic mass is 32.2. The van der Waals surface area contributed by atoms with Crippen LogP contribution in [-0.4, -0.2) is 41.5 Å². The largest absolute Gasteiger partial charge is 0.367 e. The van der Waals surface area contributed by atoms with Gasteiger partial charge in [-0.3, -0.25) is 8.99 Å². The molecule has 1 aliphatic rings. The molecule has 1 aliphatic carbocycles. The van der Waals surface area contributed by atoms with E-state index in [9.17, 15) is 8.42 Å². The van der Waals surface area contributed by atoms with Crippen LogP contribution in [0.25, 0.3) is 11.1 Å². The molecule has 1 fully saturated rings. The third-order valence-corrected chi connectivity index (χ3v) is 7.01. The van der Waals surface area contributed by atoms with Crippen LogP contribution in [0.4, 0.5) is 11.5 Å². The van der Waals surface area contributed by atoms with E-state index in [0.717, 1.165) is 42.6 Å². The molecular weight excluding hydrogens is 424 g/mol. The molecule has 2 heterocycles. The van der Waals surface area contributed by atoms with Gasteiger partial charge in [-0.1, -0.05) is 12.1 Å². The summed E-state index contributed by atoms with van der Waals surface area (Å²) in [5, 5.41) is 16.5. The zero-order valence-electron chi connectivity index (χ0n) is 18.1. The van der Waals surface area contributed by atoms with Crippen LogP contribution in [0, 0.1) is 11.3 Å². The second kappa shape index (κ2) is 9.01. The van der Waals surface area contributed by atoms with Gasteiger partial charge in [0.1, 0.15) is 11.9 Å². The van der Waals surface area contributed by atoms with Gasteiger partial charge in [-0.05, 0) is 55.5 Å². The Kier molecular flexibility index (Phi) is 6.15. The third-order valence-electron chi connectivity index (χ3n) is 5.79. The van der Waals surface area contributed by atoms with Crippen molar-refractivity contribution in [3.05, 3.63) is 60.6 Å². The molecule has 1 saturated carbocycles. The van der Waals surface area contributed by atoms with E-state index in [1.54, 1.807) is 33.5 Å². The predicted octanol–water partition coefficient (Wildman–Crippen LogP) is 3.54. The highest BCUT2D eigenvalue weighted by Gasteiger charge is 2.31. The average molecular weight is 451 g/mol. The fourth-order valence-electron chi connectivity index (χ4n) is 4.25. The number of hydrogen-bond acceptors (Lipinski definition) is 6. The Morgan fingerprint density at radius 3 is 2.31 bits per heavy atom. The lowest BCUT2D eigenvalue weighted by molar-refractivity contribution is 0.409. The number of aryl methyl sites for hydroxylation is 1. The molecule has 0 saturated heterocycles. The number of anilines is 2. The zero-order chi connectivity index (χ0) is 22.7. The van der Waals surface area contributed by atoms with Gasteiger partial charge < -0.3 is 5.32 Å². The maximum absolute atomic E-state index is 12.7. The number of sulfonamides is 1. The monoisotopic (exact) mass is 450 g/mol. The van der Waals surface area contributed by atoms with Crippen molar-refractivity contribution >= 4 is 21.5 Å². The first-order valence-electron chi connectivity index (χ1n) is 10.5. The Balaban J connectivity index is 1.45. The summed E-state index contributed by atoms with van der Waals surface area (Å²) in [6.45, 7) is 0. The van der Waals surface area contributed by atoms with Crippen molar-refractivity contribution in [2.75, 3.05) is 15.9 Å². The summed E-state index contributed by atoms with van der Waals surface area (Å²) in [5.41, 5.74) is 3.20. The smallest absolute Gasteiger partial charge is 0.232 e. The molecule has 0 unspecified atom stereocenters. The maximum Gasteiger partial charge on any atom is 0.232 e. The fourth-order valence-corrected chi connectivity index (χ4v) is 5.51. The van der Waals surface area contributed by atoms with E-state index in [4.69, 9.17) is 5.26 Å². The van der Waals surface area contributed by atoms with E-state index in [0.29, 0.717) is 11.3 Å². The maximum atomic E-state index is 12.7. The van der Waals surface area contributed by atoms with Crippen LogP contribution in [0.15, 0.2) is 55.0 Å². The predicted molar refractivity (Wildman–Crippen MR) is 125 cm³/mol.